The highest BCUT2D eigenvalue weighted by Crippen LogP contribution is 2.49. The molecule has 0 radical (unpaired) electrons. The van der Waals surface area contributed by atoms with Crippen molar-refractivity contribution in [1.82, 2.24) is 0 Å². The van der Waals surface area contributed by atoms with Gasteiger partial charge >= 0.3 is 0 Å². The van der Waals surface area contributed by atoms with Crippen molar-refractivity contribution in [2.75, 3.05) is 19.6 Å². The minimum atomic E-state index is 1.08. The molecule has 0 unspecified atom stereocenters. The van der Waals surface area contributed by atoms with Crippen LogP contribution in [0.5, 0.6) is 0 Å². The molecule has 18 aromatic rings. The van der Waals surface area contributed by atoms with Crippen LogP contribution in [-0.2, 0) is 0 Å². The largest absolute Gasteiger partial charge is 0.310 e. The molecule has 0 atom stereocenters. The van der Waals surface area contributed by atoms with Crippen LogP contribution in [0.4, 0.5) is 68.2 Å². The van der Waals surface area contributed by atoms with Gasteiger partial charge < -0.3 is 19.6 Å². The first kappa shape index (κ1) is 62.0. The molecular weight excluding hydrogens is 1250 g/mol. The summed E-state index contributed by atoms with van der Waals surface area (Å²) in [6.45, 7) is 6.46. The number of nitrogens with zero attached hydrogens (tertiary/aromatic N) is 4. The normalized spacial score (nSPS) is 11.6. The molecule has 103 heavy (non-hydrogen) atoms. The van der Waals surface area contributed by atoms with Gasteiger partial charge in [-0.3, -0.25) is 0 Å². The van der Waals surface area contributed by atoms with Crippen LogP contribution >= 0.6 is 0 Å². The second-order valence-corrected chi connectivity index (χ2v) is 27.2. The fourth-order valence-corrected chi connectivity index (χ4v) is 15.1. The summed E-state index contributed by atoms with van der Waals surface area (Å²) in [6.07, 6.45) is 4.42. The van der Waals surface area contributed by atoms with Gasteiger partial charge in [-0.1, -0.05) is 259 Å². The molecule has 0 aliphatic heterocycles. The molecule has 0 aliphatic carbocycles. The molecule has 0 bridgehead atoms. The van der Waals surface area contributed by atoms with Crippen LogP contribution in [-0.4, -0.2) is 0 Å². The molecule has 0 saturated carbocycles. The van der Waals surface area contributed by atoms with Crippen molar-refractivity contribution in [2.45, 2.75) is 20.8 Å². The molecule has 0 aliphatic rings. The zero-order chi connectivity index (χ0) is 68.9. The lowest BCUT2D eigenvalue weighted by Gasteiger charge is -2.30. The van der Waals surface area contributed by atoms with E-state index in [1.807, 2.05) is 0 Å². The Bertz CT molecular complexity index is 6130. The highest BCUT2D eigenvalue weighted by molar-refractivity contribution is 6.25. The standard InChI is InChI=1S/C99H72N4/c1-67-24-44-84(45-25-67)102(85-46-26-68(2)27-47-85)98-65-96-93-21-11-13-23-95(93)99(66-97(96)92-20-10-12-22-94(92)98)103(86-48-28-69(3)29-49-86)87-54-38-75(39-55-87)79-36-37-81-64-91(59-43-80(81)60-79)101(90-58-42-74-16-6-9-19-78(74)63-90)83-52-34-71(35-53-83)31-30-70-32-50-82(51-33-70)100(88-56-40-72-14-4-7-17-76(72)61-88)89-57-41-73-15-5-8-18-77(73)62-89/h4-66H,1-3H3/b31-30+. The molecule has 0 amide bonds. The highest BCUT2D eigenvalue weighted by Gasteiger charge is 2.24. The minimum absolute atomic E-state index is 1.08. The van der Waals surface area contributed by atoms with Crippen molar-refractivity contribution in [1.29, 1.82) is 0 Å². The first-order valence-electron chi connectivity index (χ1n) is 35.5. The predicted octanol–water partition coefficient (Wildman–Crippen LogP) is 28.4. The Labute approximate surface area is 601 Å². The molecule has 488 valence electrons. The predicted molar refractivity (Wildman–Crippen MR) is 443 cm³/mol. The number of fused-ring (bicyclic) bond motifs is 9. The Morgan fingerprint density at radius 2 is 0.427 bits per heavy atom. The van der Waals surface area contributed by atoms with Gasteiger partial charge in [-0.25, -0.2) is 0 Å². The monoisotopic (exact) mass is 1320 g/mol. The Hall–Kier alpha value is -13.3. The van der Waals surface area contributed by atoms with Crippen molar-refractivity contribution >= 4 is 156 Å². The van der Waals surface area contributed by atoms with Crippen LogP contribution in [0, 0.1) is 20.8 Å². The fourth-order valence-electron chi connectivity index (χ4n) is 15.1. The average Bonchev–Trinajstić information content (AvgIpc) is 0.726. The summed E-state index contributed by atoms with van der Waals surface area (Å²) in [7, 11) is 0. The van der Waals surface area contributed by atoms with Gasteiger partial charge in [0, 0.05) is 67.6 Å². The third kappa shape index (κ3) is 12.0. The van der Waals surface area contributed by atoms with Crippen molar-refractivity contribution in [3.63, 3.8) is 0 Å². The quantitative estimate of drug-likeness (QED) is 0.0749. The summed E-state index contributed by atoms with van der Waals surface area (Å²) in [4.78, 5) is 9.61. The molecular formula is C99H72N4. The second kappa shape index (κ2) is 26.4. The van der Waals surface area contributed by atoms with Crippen LogP contribution in [0.25, 0.3) is 98.7 Å². The molecule has 0 saturated heterocycles. The fraction of sp³-hybridized carbons (Fsp3) is 0.0303. The van der Waals surface area contributed by atoms with Gasteiger partial charge in [0.1, 0.15) is 0 Å². The highest BCUT2D eigenvalue weighted by atomic mass is 15.2. The molecule has 18 aromatic carbocycles. The number of hydrogen-bond donors (Lipinski definition) is 0. The lowest BCUT2D eigenvalue weighted by atomic mass is 9.93. The van der Waals surface area contributed by atoms with Gasteiger partial charge in [-0.2, -0.15) is 0 Å². The van der Waals surface area contributed by atoms with E-state index in [9.17, 15) is 0 Å². The van der Waals surface area contributed by atoms with Crippen LogP contribution in [0.2, 0.25) is 0 Å². The molecule has 18 rings (SSSR count). The SMILES string of the molecule is Cc1ccc(N(c2ccc(C)cc2)c2cc3c4ccccc4c(N(c4ccc(C)cc4)c4ccc(-c5ccc6cc(N(c7ccc(/C=C/c8ccc(N(c9ccc%10ccccc%10c9)c9ccc%10ccccc%10c9)cc8)cc7)c7ccc8ccccc8c7)ccc6c5)cc4)cc3c3ccccc23)cc1. The maximum Gasteiger partial charge on any atom is 0.0546 e. The summed E-state index contributed by atoms with van der Waals surface area (Å²) in [5, 5.41) is 16.8. The van der Waals surface area contributed by atoms with E-state index < -0.39 is 0 Å². The summed E-state index contributed by atoms with van der Waals surface area (Å²) >= 11 is 0. The van der Waals surface area contributed by atoms with E-state index in [0.717, 1.165) is 90.5 Å². The van der Waals surface area contributed by atoms with Crippen molar-refractivity contribution in [3.8, 4) is 11.1 Å². The van der Waals surface area contributed by atoms with Gasteiger partial charge in [0.05, 0.1) is 11.4 Å². The van der Waals surface area contributed by atoms with Crippen molar-refractivity contribution in [2.24, 2.45) is 0 Å². The van der Waals surface area contributed by atoms with Crippen LogP contribution < -0.4 is 19.6 Å². The number of hydrogen-bond acceptors (Lipinski definition) is 4. The number of anilines is 12. The summed E-state index contributed by atoms with van der Waals surface area (Å²) < 4.78 is 0. The number of aryl methyl sites for hydroxylation is 3. The van der Waals surface area contributed by atoms with Crippen molar-refractivity contribution < 1.29 is 0 Å². The van der Waals surface area contributed by atoms with E-state index in [4.69, 9.17) is 0 Å². The minimum Gasteiger partial charge on any atom is -0.310 e. The van der Waals surface area contributed by atoms with Crippen LogP contribution in [0.1, 0.15) is 27.8 Å². The third-order valence-electron chi connectivity index (χ3n) is 20.5. The van der Waals surface area contributed by atoms with E-state index in [0.29, 0.717) is 0 Å². The summed E-state index contributed by atoms with van der Waals surface area (Å²) in [5.41, 5.74) is 21.5. The zero-order valence-electron chi connectivity index (χ0n) is 57.7. The van der Waals surface area contributed by atoms with Gasteiger partial charge in [-0.15, -0.1) is 0 Å². The van der Waals surface area contributed by atoms with Crippen LogP contribution in [0.3, 0.4) is 0 Å². The molecule has 0 N–H and O–H groups in total. The smallest absolute Gasteiger partial charge is 0.0546 e. The Morgan fingerprint density at radius 1 is 0.175 bits per heavy atom. The molecule has 4 heteroatoms. The van der Waals surface area contributed by atoms with E-state index in [-0.39, 0.29) is 0 Å². The maximum atomic E-state index is 2.44. The summed E-state index contributed by atoms with van der Waals surface area (Å²) in [5.74, 6) is 0. The first-order chi connectivity index (χ1) is 50.7. The number of benzene rings is 18. The lowest BCUT2D eigenvalue weighted by Crippen LogP contribution is -2.12. The van der Waals surface area contributed by atoms with Gasteiger partial charge in [0.2, 0.25) is 0 Å². The van der Waals surface area contributed by atoms with Gasteiger partial charge in [-0.05, 0) is 247 Å². The van der Waals surface area contributed by atoms with E-state index in [2.05, 4.69) is 423 Å². The van der Waals surface area contributed by atoms with E-state index in [1.54, 1.807) is 0 Å². The Kier molecular flexibility index (Phi) is 15.9. The zero-order valence-corrected chi connectivity index (χ0v) is 57.7. The average molecular weight is 1320 g/mol. The summed E-state index contributed by atoms with van der Waals surface area (Å²) in [6, 6.07) is 136. The van der Waals surface area contributed by atoms with Crippen molar-refractivity contribution in [3.05, 3.63) is 398 Å². The molecule has 0 fully saturated rings. The maximum absolute atomic E-state index is 2.44. The van der Waals surface area contributed by atoms with E-state index in [1.165, 1.54) is 92.1 Å². The molecule has 0 spiro atoms. The van der Waals surface area contributed by atoms with Crippen LogP contribution in [0.15, 0.2) is 370 Å². The lowest BCUT2D eigenvalue weighted by molar-refractivity contribution is 1.28. The topological polar surface area (TPSA) is 13.0 Å². The van der Waals surface area contributed by atoms with Gasteiger partial charge in [0.25, 0.3) is 0 Å². The van der Waals surface area contributed by atoms with Gasteiger partial charge in [0.15, 0.2) is 0 Å². The first-order valence-corrected chi connectivity index (χ1v) is 35.5. The Morgan fingerprint density at radius 3 is 0.796 bits per heavy atom. The number of rotatable bonds is 15. The van der Waals surface area contributed by atoms with E-state index >= 15 is 0 Å². The Balaban J connectivity index is 0.653. The molecule has 0 aromatic heterocycles. The second-order valence-electron chi connectivity index (χ2n) is 27.2. The molecule has 0 heterocycles. The molecule has 4 nitrogen and oxygen atoms in total. The third-order valence-corrected chi connectivity index (χ3v) is 20.5.